The Balaban J connectivity index is 2.15. The van der Waals surface area contributed by atoms with Gasteiger partial charge in [0.25, 0.3) is 0 Å². The Morgan fingerprint density at radius 3 is 2.56 bits per heavy atom. The van der Waals surface area contributed by atoms with Crippen LogP contribution in [0.5, 0.6) is 0 Å². The molecular weight excluding hydrogens is 226 g/mol. The second-order valence-electron chi connectivity index (χ2n) is 4.16. The number of hydrogen-bond acceptors (Lipinski definition) is 3. The zero-order chi connectivity index (χ0) is 13.0. The average molecular weight is 241 g/mol. The zero-order valence-electron chi connectivity index (χ0n) is 10.4. The van der Waals surface area contributed by atoms with E-state index in [1.54, 1.807) is 24.8 Å². The normalized spacial score (nSPS) is 10.8. The van der Waals surface area contributed by atoms with Crippen molar-refractivity contribution in [2.24, 2.45) is 0 Å². The molecule has 2 aromatic rings. The van der Waals surface area contributed by atoms with Crippen LogP contribution in [0.3, 0.4) is 0 Å². The maximum Gasteiger partial charge on any atom is 0.187 e. The number of imidazole rings is 1. The summed E-state index contributed by atoms with van der Waals surface area (Å²) in [7, 11) is 3.76. The lowest BCUT2D eigenvalue weighted by molar-refractivity contribution is 0.104. The molecule has 0 amide bonds. The highest BCUT2D eigenvalue weighted by Crippen LogP contribution is 2.10. The molecule has 18 heavy (non-hydrogen) atoms. The zero-order valence-corrected chi connectivity index (χ0v) is 10.4. The smallest absolute Gasteiger partial charge is 0.187 e. The van der Waals surface area contributed by atoms with E-state index >= 15 is 0 Å². The highest BCUT2D eigenvalue weighted by molar-refractivity contribution is 6.04. The average Bonchev–Trinajstić information content (AvgIpc) is 2.90. The first-order valence-corrected chi connectivity index (χ1v) is 5.64. The fraction of sp³-hybridized carbons (Fsp3) is 0.143. The number of hydrogen-bond donors (Lipinski definition) is 0. The standard InChI is InChI=1S/C14H15N3O/c1-16(2)9-7-14(18)12-3-5-13(6-4-12)17-10-8-15-11-17/h3-11H,1-2H3/b9-7+. The van der Waals surface area contributed by atoms with Crippen molar-refractivity contribution in [1.82, 2.24) is 14.5 Å². The number of carbonyl (C=O) groups is 1. The summed E-state index contributed by atoms with van der Waals surface area (Å²) in [6, 6.07) is 7.44. The Labute approximate surface area is 106 Å². The summed E-state index contributed by atoms with van der Waals surface area (Å²) >= 11 is 0. The minimum absolute atomic E-state index is 0.000816. The van der Waals surface area contributed by atoms with Gasteiger partial charge in [0.15, 0.2) is 5.78 Å². The first kappa shape index (κ1) is 12.1. The van der Waals surface area contributed by atoms with Crippen LogP contribution in [0.25, 0.3) is 5.69 Å². The van der Waals surface area contributed by atoms with Gasteiger partial charge in [-0.2, -0.15) is 0 Å². The Bertz CT molecular complexity index is 539. The molecule has 0 unspecified atom stereocenters. The third-order valence-corrected chi connectivity index (χ3v) is 2.48. The van der Waals surface area contributed by atoms with Crippen molar-refractivity contribution in [2.75, 3.05) is 14.1 Å². The number of ketones is 1. The first-order chi connectivity index (χ1) is 8.66. The summed E-state index contributed by atoms with van der Waals surface area (Å²) in [5.74, 6) is 0.000816. The van der Waals surface area contributed by atoms with E-state index in [-0.39, 0.29) is 5.78 Å². The van der Waals surface area contributed by atoms with E-state index in [2.05, 4.69) is 4.98 Å². The molecule has 0 aliphatic heterocycles. The van der Waals surface area contributed by atoms with Gasteiger partial charge in [0, 0.05) is 50.0 Å². The van der Waals surface area contributed by atoms with E-state index in [4.69, 9.17) is 0 Å². The van der Waals surface area contributed by atoms with E-state index < -0.39 is 0 Å². The second-order valence-corrected chi connectivity index (χ2v) is 4.16. The van der Waals surface area contributed by atoms with Crippen molar-refractivity contribution < 1.29 is 4.79 Å². The van der Waals surface area contributed by atoms with Crippen LogP contribution in [0.2, 0.25) is 0 Å². The van der Waals surface area contributed by atoms with Crippen LogP contribution in [0.1, 0.15) is 10.4 Å². The molecule has 0 atom stereocenters. The molecule has 0 radical (unpaired) electrons. The highest BCUT2D eigenvalue weighted by Gasteiger charge is 2.02. The van der Waals surface area contributed by atoms with Gasteiger partial charge >= 0.3 is 0 Å². The van der Waals surface area contributed by atoms with Crippen LogP contribution in [-0.2, 0) is 0 Å². The molecule has 92 valence electrons. The number of carbonyl (C=O) groups excluding carboxylic acids is 1. The summed E-state index contributed by atoms with van der Waals surface area (Å²) in [5, 5.41) is 0. The quantitative estimate of drug-likeness (QED) is 0.608. The van der Waals surface area contributed by atoms with Gasteiger partial charge < -0.3 is 9.47 Å². The number of aromatic nitrogens is 2. The molecule has 0 N–H and O–H groups in total. The van der Waals surface area contributed by atoms with Crippen molar-refractivity contribution in [3.05, 3.63) is 60.8 Å². The molecule has 1 heterocycles. The van der Waals surface area contributed by atoms with Gasteiger partial charge in [-0.3, -0.25) is 4.79 Å². The minimum atomic E-state index is 0.000816. The molecule has 0 fully saturated rings. The van der Waals surface area contributed by atoms with Crippen LogP contribution in [0.15, 0.2) is 55.3 Å². The fourth-order valence-electron chi connectivity index (χ4n) is 1.52. The predicted molar refractivity (Wildman–Crippen MR) is 70.7 cm³/mol. The topological polar surface area (TPSA) is 38.1 Å². The molecule has 0 saturated heterocycles. The molecule has 0 aliphatic rings. The van der Waals surface area contributed by atoms with Crippen molar-refractivity contribution in [1.29, 1.82) is 0 Å². The van der Waals surface area contributed by atoms with E-state index in [1.165, 1.54) is 0 Å². The van der Waals surface area contributed by atoms with E-state index in [1.807, 2.05) is 54.0 Å². The van der Waals surface area contributed by atoms with Gasteiger partial charge in [0.1, 0.15) is 0 Å². The lowest BCUT2D eigenvalue weighted by Gasteiger charge is -2.04. The van der Waals surface area contributed by atoms with Gasteiger partial charge in [-0.1, -0.05) is 0 Å². The minimum Gasteiger partial charge on any atom is -0.383 e. The fourth-order valence-corrected chi connectivity index (χ4v) is 1.52. The highest BCUT2D eigenvalue weighted by atomic mass is 16.1. The Morgan fingerprint density at radius 2 is 2.00 bits per heavy atom. The summed E-state index contributed by atoms with van der Waals surface area (Å²) in [4.78, 5) is 17.6. The molecule has 0 spiro atoms. The molecule has 0 bridgehead atoms. The maximum absolute atomic E-state index is 11.8. The summed E-state index contributed by atoms with van der Waals surface area (Å²) in [5.41, 5.74) is 1.66. The molecule has 0 aliphatic carbocycles. The van der Waals surface area contributed by atoms with E-state index in [9.17, 15) is 4.79 Å². The van der Waals surface area contributed by atoms with Crippen molar-refractivity contribution >= 4 is 5.78 Å². The number of nitrogens with zero attached hydrogens (tertiary/aromatic N) is 3. The first-order valence-electron chi connectivity index (χ1n) is 5.64. The molecule has 1 aromatic carbocycles. The number of rotatable bonds is 4. The van der Waals surface area contributed by atoms with Gasteiger partial charge in [-0.05, 0) is 24.3 Å². The van der Waals surface area contributed by atoms with Gasteiger partial charge in [0.2, 0.25) is 0 Å². The van der Waals surface area contributed by atoms with Gasteiger partial charge in [-0.15, -0.1) is 0 Å². The molecule has 4 nitrogen and oxygen atoms in total. The molecule has 1 aromatic heterocycles. The Morgan fingerprint density at radius 1 is 1.28 bits per heavy atom. The largest absolute Gasteiger partial charge is 0.383 e. The predicted octanol–water partition coefficient (Wildman–Crippen LogP) is 2.13. The third-order valence-electron chi connectivity index (χ3n) is 2.48. The van der Waals surface area contributed by atoms with Crippen LogP contribution < -0.4 is 0 Å². The Kier molecular flexibility index (Phi) is 3.57. The van der Waals surface area contributed by atoms with E-state index in [0.717, 1.165) is 5.69 Å². The lowest BCUT2D eigenvalue weighted by Crippen LogP contribution is -2.03. The lowest BCUT2D eigenvalue weighted by atomic mass is 10.1. The van der Waals surface area contributed by atoms with Crippen LogP contribution in [0, 0.1) is 0 Å². The summed E-state index contributed by atoms with van der Waals surface area (Å²) in [6.45, 7) is 0. The number of allylic oxidation sites excluding steroid dienone is 1. The van der Waals surface area contributed by atoms with Gasteiger partial charge in [0.05, 0.1) is 6.33 Å². The van der Waals surface area contributed by atoms with Crippen molar-refractivity contribution in [3.8, 4) is 5.69 Å². The molecular formula is C14H15N3O. The van der Waals surface area contributed by atoms with Crippen LogP contribution in [-0.4, -0.2) is 34.3 Å². The SMILES string of the molecule is CN(C)/C=C/C(=O)c1ccc(-n2ccnc2)cc1. The van der Waals surface area contributed by atoms with Crippen LogP contribution in [0.4, 0.5) is 0 Å². The van der Waals surface area contributed by atoms with E-state index in [0.29, 0.717) is 5.56 Å². The third kappa shape index (κ3) is 2.85. The summed E-state index contributed by atoms with van der Waals surface area (Å²) in [6.07, 6.45) is 8.61. The Hall–Kier alpha value is -2.36. The molecule has 4 heteroatoms. The molecule has 2 rings (SSSR count). The number of benzene rings is 1. The van der Waals surface area contributed by atoms with Gasteiger partial charge in [-0.25, -0.2) is 4.98 Å². The summed E-state index contributed by atoms with van der Waals surface area (Å²) < 4.78 is 1.89. The van der Waals surface area contributed by atoms with Crippen molar-refractivity contribution in [2.45, 2.75) is 0 Å². The second kappa shape index (κ2) is 5.31. The molecule has 0 saturated carbocycles. The van der Waals surface area contributed by atoms with Crippen LogP contribution >= 0.6 is 0 Å². The monoisotopic (exact) mass is 241 g/mol. The maximum atomic E-state index is 11.8. The van der Waals surface area contributed by atoms with Crippen molar-refractivity contribution in [3.63, 3.8) is 0 Å².